The zero-order valence-electron chi connectivity index (χ0n) is 12.5. The summed E-state index contributed by atoms with van der Waals surface area (Å²) < 4.78 is 31.7. The van der Waals surface area contributed by atoms with Crippen molar-refractivity contribution in [1.82, 2.24) is 4.31 Å². The molecule has 0 aromatic heterocycles. The summed E-state index contributed by atoms with van der Waals surface area (Å²) in [6, 6.07) is 2.05. The number of aryl methyl sites for hydroxylation is 1. The van der Waals surface area contributed by atoms with Crippen LogP contribution in [0.25, 0.3) is 0 Å². The number of esters is 1. The van der Waals surface area contributed by atoms with Crippen molar-refractivity contribution >= 4 is 33.3 Å². The van der Waals surface area contributed by atoms with E-state index in [1.54, 1.807) is 13.8 Å². The predicted molar refractivity (Wildman–Crippen MR) is 84.1 cm³/mol. The Hall–Kier alpha value is -1.31. The van der Waals surface area contributed by atoms with Gasteiger partial charge in [0, 0.05) is 11.6 Å². The molecule has 22 heavy (non-hydrogen) atoms. The minimum atomic E-state index is -3.90. The van der Waals surface area contributed by atoms with Gasteiger partial charge < -0.3 is 10.5 Å². The molecule has 0 saturated carbocycles. The molecule has 1 heterocycles. The first-order valence-corrected chi connectivity index (χ1v) is 8.85. The number of sulfonamides is 1. The fourth-order valence-corrected chi connectivity index (χ4v) is 4.54. The summed E-state index contributed by atoms with van der Waals surface area (Å²) in [6.45, 7) is 3.90. The standard InChI is InChI=1S/C14H19ClN2O4S/c1-3-21-14(18)12-5-4-6-17(12)22(19,20)13-8-10(15)9(2)7-11(13)16/h7-8,12H,3-6,16H2,1-2H3/t12-/m0/s1. The summed E-state index contributed by atoms with van der Waals surface area (Å²) in [5.41, 5.74) is 6.66. The molecule has 1 aromatic rings. The van der Waals surface area contributed by atoms with Gasteiger partial charge in [0.05, 0.1) is 12.3 Å². The smallest absolute Gasteiger partial charge is 0.324 e. The maximum Gasteiger partial charge on any atom is 0.324 e. The van der Waals surface area contributed by atoms with Crippen LogP contribution >= 0.6 is 11.6 Å². The molecule has 8 heteroatoms. The van der Waals surface area contributed by atoms with Gasteiger partial charge in [-0.3, -0.25) is 4.79 Å². The van der Waals surface area contributed by atoms with E-state index in [4.69, 9.17) is 22.1 Å². The summed E-state index contributed by atoms with van der Waals surface area (Å²) in [4.78, 5) is 11.9. The molecule has 0 aliphatic carbocycles. The highest BCUT2D eigenvalue weighted by Gasteiger charge is 2.41. The number of ether oxygens (including phenoxy) is 1. The topological polar surface area (TPSA) is 89.7 Å². The average Bonchev–Trinajstić information content (AvgIpc) is 2.93. The predicted octanol–water partition coefficient (Wildman–Crippen LogP) is 1.95. The summed E-state index contributed by atoms with van der Waals surface area (Å²) in [5, 5.41) is 0.319. The molecule has 1 aromatic carbocycles. The molecule has 1 fully saturated rings. The number of carbonyl (C=O) groups is 1. The molecule has 122 valence electrons. The molecule has 1 atom stereocenters. The molecule has 0 amide bonds. The van der Waals surface area contributed by atoms with Crippen molar-refractivity contribution < 1.29 is 17.9 Å². The number of hydrogen-bond donors (Lipinski definition) is 1. The van der Waals surface area contributed by atoms with Crippen molar-refractivity contribution in [1.29, 1.82) is 0 Å². The van der Waals surface area contributed by atoms with Crippen molar-refractivity contribution in [2.75, 3.05) is 18.9 Å². The van der Waals surface area contributed by atoms with Crippen molar-refractivity contribution in [2.45, 2.75) is 37.6 Å². The van der Waals surface area contributed by atoms with Crippen LogP contribution in [-0.4, -0.2) is 37.9 Å². The van der Waals surface area contributed by atoms with Crippen molar-refractivity contribution in [3.8, 4) is 0 Å². The molecular weight excluding hydrogens is 328 g/mol. The Bertz CT molecular complexity index is 690. The lowest BCUT2D eigenvalue weighted by molar-refractivity contribution is -0.146. The first-order valence-electron chi connectivity index (χ1n) is 7.03. The summed E-state index contributed by atoms with van der Waals surface area (Å²) in [5.74, 6) is -0.527. The molecule has 0 radical (unpaired) electrons. The van der Waals surface area contributed by atoms with E-state index in [0.29, 0.717) is 23.4 Å². The lowest BCUT2D eigenvalue weighted by Gasteiger charge is -2.23. The molecule has 1 aliphatic heterocycles. The number of halogens is 1. The Kier molecular flexibility index (Phi) is 4.99. The van der Waals surface area contributed by atoms with E-state index in [0.717, 1.165) is 4.31 Å². The van der Waals surface area contributed by atoms with Gasteiger partial charge in [0.2, 0.25) is 10.0 Å². The Morgan fingerprint density at radius 2 is 2.18 bits per heavy atom. The Balaban J connectivity index is 2.42. The average molecular weight is 347 g/mol. The highest BCUT2D eigenvalue weighted by Crippen LogP contribution is 2.32. The van der Waals surface area contributed by atoms with Crippen LogP contribution in [0.2, 0.25) is 5.02 Å². The van der Waals surface area contributed by atoms with Gasteiger partial charge in [-0.05, 0) is 44.4 Å². The van der Waals surface area contributed by atoms with E-state index in [1.165, 1.54) is 12.1 Å². The van der Waals surface area contributed by atoms with Crippen molar-refractivity contribution in [3.05, 3.63) is 22.7 Å². The maximum atomic E-state index is 12.8. The van der Waals surface area contributed by atoms with Crippen LogP contribution in [0.15, 0.2) is 17.0 Å². The van der Waals surface area contributed by atoms with Gasteiger partial charge in [-0.25, -0.2) is 8.42 Å². The monoisotopic (exact) mass is 346 g/mol. The van der Waals surface area contributed by atoms with Crippen LogP contribution in [0.5, 0.6) is 0 Å². The van der Waals surface area contributed by atoms with Gasteiger partial charge in [0.1, 0.15) is 10.9 Å². The Morgan fingerprint density at radius 3 is 2.82 bits per heavy atom. The Labute approximate surface area is 135 Å². The fourth-order valence-electron chi connectivity index (χ4n) is 2.54. The normalized spacial score (nSPS) is 19.3. The summed E-state index contributed by atoms with van der Waals surface area (Å²) >= 11 is 6.02. The molecule has 0 bridgehead atoms. The van der Waals surface area contributed by atoms with Gasteiger partial charge in [0.15, 0.2) is 0 Å². The SMILES string of the molecule is CCOC(=O)[C@@H]1CCCN1S(=O)(=O)c1cc(Cl)c(C)cc1N. The zero-order valence-corrected chi connectivity index (χ0v) is 14.1. The maximum absolute atomic E-state index is 12.8. The number of nitrogen functional groups attached to an aromatic ring is 1. The van der Waals surface area contributed by atoms with E-state index in [-0.39, 0.29) is 23.7 Å². The van der Waals surface area contributed by atoms with Crippen LogP contribution in [0.1, 0.15) is 25.3 Å². The van der Waals surface area contributed by atoms with E-state index in [2.05, 4.69) is 0 Å². The molecule has 6 nitrogen and oxygen atoms in total. The minimum Gasteiger partial charge on any atom is -0.465 e. The number of carbonyl (C=O) groups excluding carboxylic acids is 1. The van der Waals surface area contributed by atoms with Crippen molar-refractivity contribution in [3.63, 3.8) is 0 Å². The third-order valence-electron chi connectivity index (χ3n) is 3.64. The van der Waals surface area contributed by atoms with Crippen LogP contribution in [0.3, 0.4) is 0 Å². The fraction of sp³-hybridized carbons (Fsp3) is 0.500. The highest BCUT2D eigenvalue weighted by atomic mass is 35.5. The summed E-state index contributed by atoms with van der Waals surface area (Å²) in [6.07, 6.45) is 1.04. The number of nitrogens with two attached hydrogens (primary N) is 1. The number of nitrogens with zero attached hydrogens (tertiary/aromatic N) is 1. The largest absolute Gasteiger partial charge is 0.465 e. The van der Waals surface area contributed by atoms with Gasteiger partial charge in [-0.15, -0.1) is 0 Å². The lowest BCUT2D eigenvalue weighted by Crippen LogP contribution is -2.41. The second-order valence-electron chi connectivity index (χ2n) is 5.17. The first-order chi connectivity index (χ1) is 10.3. The summed E-state index contributed by atoms with van der Waals surface area (Å²) in [7, 11) is -3.90. The van der Waals surface area contributed by atoms with Crippen molar-refractivity contribution in [2.24, 2.45) is 0 Å². The van der Waals surface area contributed by atoms with Gasteiger partial charge in [-0.2, -0.15) is 4.31 Å². The lowest BCUT2D eigenvalue weighted by atomic mass is 10.2. The number of hydrogen-bond acceptors (Lipinski definition) is 5. The molecule has 2 N–H and O–H groups in total. The minimum absolute atomic E-state index is 0.0701. The van der Waals surface area contributed by atoms with Crippen LogP contribution < -0.4 is 5.73 Å². The number of rotatable bonds is 4. The number of benzene rings is 1. The Morgan fingerprint density at radius 1 is 1.50 bits per heavy atom. The van der Waals surface area contributed by atoms with Gasteiger partial charge in [-0.1, -0.05) is 11.6 Å². The van der Waals surface area contributed by atoms with Crippen LogP contribution in [0.4, 0.5) is 5.69 Å². The van der Waals surface area contributed by atoms with Gasteiger partial charge in [0.25, 0.3) is 0 Å². The molecule has 0 spiro atoms. The number of anilines is 1. The zero-order chi connectivity index (χ0) is 16.5. The third kappa shape index (κ3) is 3.06. The highest BCUT2D eigenvalue weighted by molar-refractivity contribution is 7.89. The second kappa shape index (κ2) is 6.44. The van der Waals surface area contributed by atoms with E-state index >= 15 is 0 Å². The van der Waals surface area contributed by atoms with Crippen LogP contribution in [-0.2, 0) is 19.6 Å². The molecule has 2 rings (SSSR count). The van der Waals surface area contributed by atoms with Gasteiger partial charge >= 0.3 is 5.97 Å². The van der Waals surface area contributed by atoms with E-state index < -0.39 is 22.0 Å². The molecular formula is C14H19ClN2O4S. The first kappa shape index (κ1) is 17.1. The van der Waals surface area contributed by atoms with Crippen LogP contribution in [0, 0.1) is 6.92 Å². The quantitative estimate of drug-likeness (QED) is 0.664. The molecule has 0 unspecified atom stereocenters. The molecule has 1 saturated heterocycles. The van der Waals surface area contributed by atoms with E-state index in [9.17, 15) is 13.2 Å². The second-order valence-corrected chi connectivity index (χ2v) is 7.43. The molecule has 1 aliphatic rings. The van der Waals surface area contributed by atoms with E-state index in [1.807, 2.05) is 0 Å². The third-order valence-corrected chi connectivity index (χ3v) is 6.01.